The number of carbonyl (C=O) groups is 1. The van der Waals surface area contributed by atoms with Crippen LogP contribution in [0.5, 0.6) is 0 Å². The Hall–Kier alpha value is -1.58. The third kappa shape index (κ3) is 4.54. The Labute approximate surface area is 116 Å². The molecule has 4 heteroatoms. The molecule has 1 unspecified atom stereocenters. The number of hydrogen-bond acceptors (Lipinski definition) is 3. The summed E-state index contributed by atoms with van der Waals surface area (Å²) in [4.78, 5) is 16.5. The standard InChI is InChI=1S/C15H25N3O/c1-6-7-16-14-8-11(4)17-9-13(14)15(19)18-12(5)10(2)3/h8-10,12H,6-7H2,1-5H3,(H,16,17)(H,18,19). The quantitative estimate of drug-likeness (QED) is 0.829. The number of pyridine rings is 1. The highest BCUT2D eigenvalue weighted by Gasteiger charge is 2.16. The molecule has 1 atom stereocenters. The van der Waals surface area contributed by atoms with E-state index in [1.165, 1.54) is 0 Å². The van der Waals surface area contributed by atoms with Crippen molar-refractivity contribution in [3.05, 3.63) is 23.5 Å². The molecule has 2 N–H and O–H groups in total. The zero-order valence-electron chi connectivity index (χ0n) is 12.6. The van der Waals surface area contributed by atoms with Crippen molar-refractivity contribution in [1.29, 1.82) is 0 Å². The molecule has 0 aromatic carbocycles. The van der Waals surface area contributed by atoms with E-state index in [9.17, 15) is 4.79 Å². The maximum Gasteiger partial charge on any atom is 0.255 e. The van der Waals surface area contributed by atoms with Gasteiger partial charge < -0.3 is 10.6 Å². The highest BCUT2D eigenvalue weighted by molar-refractivity contribution is 5.99. The summed E-state index contributed by atoms with van der Waals surface area (Å²) < 4.78 is 0. The molecule has 1 amide bonds. The third-order valence-electron chi connectivity index (χ3n) is 3.21. The van der Waals surface area contributed by atoms with Gasteiger partial charge in [0.1, 0.15) is 0 Å². The first kappa shape index (κ1) is 15.5. The minimum absolute atomic E-state index is 0.0627. The van der Waals surface area contributed by atoms with Gasteiger partial charge in [0.15, 0.2) is 0 Å². The molecule has 0 radical (unpaired) electrons. The molecular weight excluding hydrogens is 238 g/mol. The predicted molar refractivity (Wildman–Crippen MR) is 79.5 cm³/mol. The van der Waals surface area contributed by atoms with Gasteiger partial charge in [-0.15, -0.1) is 0 Å². The molecule has 1 rings (SSSR count). The topological polar surface area (TPSA) is 54.0 Å². The number of aromatic nitrogens is 1. The summed E-state index contributed by atoms with van der Waals surface area (Å²) in [5.74, 6) is 0.349. The Balaban J connectivity index is 2.88. The van der Waals surface area contributed by atoms with Gasteiger partial charge in [0.05, 0.1) is 11.3 Å². The zero-order chi connectivity index (χ0) is 14.4. The molecule has 1 aromatic heterocycles. The van der Waals surface area contributed by atoms with Crippen LogP contribution in [-0.4, -0.2) is 23.5 Å². The molecule has 0 aliphatic carbocycles. The fraction of sp³-hybridized carbons (Fsp3) is 0.600. The van der Waals surface area contributed by atoms with E-state index in [4.69, 9.17) is 0 Å². The van der Waals surface area contributed by atoms with Gasteiger partial charge in [-0.25, -0.2) is 0 Å². The number of rotatable bonds is 6. The lowest BCUT2D eigenvalue weighted by molar-refractivity contribution is 0.0931. The Kier molecular flexibility index (Phi) is 5.80. The molecule has 0 spiro atoms. The van der Waals surface area contributed by atoms with Crippen molar-refractivity contribution >= 4 is 11.6 Å². The van der Waals surface area contributed by atoms with Crippen molar-refractivity contribution in [1.82, 2.24) is 10.3 Å². The number of hydrogen-bond donors (Lipinski definition) is 2. The number of nitrogens with zero attached hydrogens (tertiary/aromatic N) is 1. The van der Waals surface area contributed by atoms with Crippen molar-refractivity contribution < 1.29 is 4.79 Å². The van der Waals surface area contributed by atoms with Crippen LogP contribution in [0.1, 0.15) is 50.2 Å². The van der Waals surface area contributed by atoms with Gasteiger partial charge in [-0.05, 0) is 32.3 Å². The average molecular weight is 263 g/mol. The summed E-state index contributed by atoms with van der Waals surface area (Å²) in [6.45, 7) is 11.1. The Morgan fingerprint density at radius 2 is 2.05 bits per heavy atom. The SMILES string of the molecule is CCCNc1cc(C)ncc1C(=O)NC(C)C(C)C. The van der Waals surface area contributed by atoms with Crippen LogP contribution < -0.4 is 10.6 Å². The minimum atomic E-state index is -0.0627. The molecule has 0 bridgehead atoms. The van der Waals surface area contributed by atoms with Crippen LogP contribution in [0.15, 0.2) is 12.3 Å². The first-order valence-corrected chi connectivity index (χ1v) is 6.97. The van der Waals surface area contributed by atoms with Crippen LogP contribution in [0.25, 0.3) is 0 Å². The second-order valence-electron chi connectivity index (χ2n) is 5.30. The van der Waals surface area contributed by atoms with Crippen molar-refractivity contribution in [3.8, 4) is 0 Å². The average Bonchev–Trinajstić information content (AvgIpc) is 2.35. The van der Waals surface area contributed by atoms with Gasteiger partial charge in [-0.2, -0.15) is 0 Å². The fourth-order valence-corrected chi connectivity index (χ4v) is 1.60. The van der Waals surface area contributed by atoms with Crippen molar-refractivity contribution in [3.63, 3.8) is 0 Å². The number of amides is 1. The number of anilines is 1. The first-order valence-electron chi connectivity index (χ1n) is 6.97. The van der Waals surface area contributed by atoms with Gasteiger partial charge in [0.2, 0.25) is 0 Å². The normalized spacial score (nSPS) is 12.3. The number of aryl methyl sites for hydroxylation is 1. The van der Waals surface area contributed by atoms with Crippen molar-refractivity contribution in [2.24, 2.45) is 5.92 Å². The van der Waals surface area contributed by atoms with Crippen molar-refractivity contribution in [2.45, 2.75) is 47.1 Å². The van der Waals surface area contributed by atoms with Gasteiger partial charge in [-0.1, -0.05) is 20.8 Å². The second-order valence-corrected chi connectivity index (χ2v) is 5.30. The van der Waals surface area contributed by atoms with Crippen LogP contribution in [0, 0.1) is 12.8 Å². The zero-order valence-corrected chi connectivity index (χ0v) is 12.6. The Morgan fingerprint density at radius 3 is 2.63 bits per heavy atom. The van der Waals surface area contributed by atoms with E-state index < -0.39 is 0 Å². The third-order valence-corrected chi connectivity index (χ3v) is 3.21. The summed E-state index contributed by atoms with van der Waals surface area (Å²) in [6.07, 6.45) is 2.67. The summed E-state index contributed by atoms with van der Waals surface area (Å²) in [5.41, 5.74) is 2.39. The van der Waals surface area contributed by atoms with Crippen LogP contribution in [0.4, 0.5) is 5.69 Å². The molecule has 0 saturated carbocycles. The van der Waals surface area contributed by atoms with E-state index in [2.05, 4.69) is 36.4 Å². The molecule has 1 aromatic rings. The Bertz CT molecular complexity index is 429. The van der Waals surface area contributed by atoms with Gasteiger partial charge >= 0.3 is 0 Å². The van der Waals surface area contributed by atoms with Crippen LogP contribution in [0.2, 0.25) is 0 Å². The summed E-state index contributed by atoms with van der Waals surface area (Å²) in [5, 5.41) is 6.30. The van der Waals surface area contributed by atoms with E-state index >= 15 is 0 Å². The summed E-state index contributed by atoms with van der Waals surface area (Å²) in [7, 11) is 0. The number of nitrogens with one attached hydrogen (secondary N) is 2. The predicted octanol–water partition coefficient (Wildman–Crippen LogP) is 2.99. The molecule has 4 nitrogen and oxygen atoms in total. The maximum atomic E-state index is 12.3. The van der Waals surface area contributed by atoms with Crippen molar-refractivity contribution in [2.75, 3.05) is 11.9 Å². The maximum absolute atomic E-state index is 12.3. The van der Waals surface area contributed by atoms with E-state index in [0.29, 0.717) is 11.5 Å². The molecule has 1 heterocycles. The highest BCUT2D eigenvalue weighted by atomic mass is 16.1. The lowest BCUT2D eigenvalue weighted by atomic mass is 10.1. The smallest absolute Gasteiger partial charge is 0.255 e. The van der Waals surface area contributed by atoms with Crippen LogP contribution in [0.3, 0.4) is 0 Å². The van der Waals surface area contributed by atoms with Gasteiger partial charge in [0.25, 0.3) is 5.91 Å². The highest BCUT2D eigenvalue weighted by Crippen LogP contribution is 2.16. The van der Waals surface area contributed by atoms with Gasteiger partial charge in [-0.3, -0.25) is 9.78 Å². The van der Waals surface area contributed by atoms with Crippen LogP contribution in [-0.2, 0) is 0 Å². The first-order chi connectivity index (χ1) is 8.95. The molecule has 0 aliphatic heterocycles. The fourth-order valence-electron chi connectivity index (χ4n) is 1.60. The van der Waals surface area contributed by atoms with E-state index in [-0.39, 0.29) is 11.9 Å². The van der Waals surface area contributed by atoms with Gasteiger partial charge in [0, 0.05) is 24.5 Å². The molecule has 0 fully saturated rings. The molecular formula is C15H25N3O. The number of carbonyl (C=O) groups excluding carboxylic acids is 1. The summed E-state index contributed by atoms with van der Waals surface area (Å²) in [6, 6.07) is 2.07. The summed E-state index contributed by atoms with van der Waals surface area (Å²) >= 11 is 0. The van der Waals surface area contributed by atoms with E-state index in [1.807, 2.05) is 19.9 Å². The lowest BCUT2D eigenvalue weighted by Gasteiger charge is -2.19. The second kappa shape index (κ2) is 7.12. The molecule has 0 aliphatic rings. The van der Waals surface area contributed by atoms with Crippen LogP contribution >= 0.6 is 0 Å². The minimum Gasteiger partial charge on any atom is -0.384 e. The largest absolute Gasteiger partial charge is 0.384 e. The Morgan fingerprint density at radius 1 is 1.37 bits per heavy atom. The molecule has 106 valence electrons. The molecule has 0 saturated heterocycles. The van der Waals surface area contributed by atoms with E-state index in [0.717, 1.165) is 24.3 Å². The lowest BCUT2D eigenvalue weighted by Crippen LogP contribution is -2.36. The van der Waals surface area contributed by atoms with E-state index in [1.54, 1.807) is 6.20 Å². The molecule has 19 heavy (non-hydrogen) atoms. The monoisotopic (exact) mass is 263 g/mol.